The van der Waals surface area contributed by atoms with Crippen LogP contribution in [0.1, 0.15) is 0 Å². The first-order valence-electron chi connectivity index (χ1n) is 22.1. The highest BCUT2D eigenvalue weighted by molar-refractivity contribution is 7.80. The van der Waals surface area contributed by atoms with Crippen LogP contribution >= 0.6 is 24.0 Å². The SMILES string of the molecule is Sc1ccccc1-c1ccccc1-c1cc2c3cc4c(c(-c5cccc6sc7ccccc7c56)c3ccc2c2cc3c(cc12)-c1cccc2cccc-3c12)-c1cccc2cccc-4c12. The normalized spacial score (nSPS) is 12.5. The second-order valence-corrected chi connectivity index (χ2v) is 19.1. The van der Waals surface area contributed by atoms with Crippen LogP contribution in [0.5, 0.6) is 0 Å². The Morgan fingerprint density at radius 2 is 0.719 bits per heavy atom. The molecule has 2 heteroatoms. The van der Waals surface area contributed by atoms with Crippen molar-refractivity contribution >= 4 is 98.0 Å². The highest BCUT2D eigenvalue weighted by Gasteiger charge is 2.30. The molecule has 0 saturated heterocycles. The third-order valence-corrected chi connectivity index (χ3v) is 15.9. The van der Waals surface area contributed by atoms with Crippen molar-refractivity contribution in [3.8, 4) is 77.9 Å². The van der Waals surface area contributed by atoms with Crippen LogP contribution in [-0.4, -0.2) is 0 Å². The maximum absolute atomic E-state index is 5.03. The van der Waals surface area contributed by atoms with Gasteiger partial charge >= 0.3 is 0 Å². The number of hydrogen-bond donors (Lipinski definition) is 1. The molecular weight excluding hydrogens is 809 g/mol. The number of thiophene rings is 1. The van der Waals surface area contributed by atoms with E-state index in [1.165, 1.54) is 146 Å². The summed E-state index contributed by atoms with van der Waals surface area (Å²) in [6, 6.07) is 75.5. The fourth-order valence-corrected chi connectivity index (χ4v) is 13.2. The zero-order valence-corrected chi connectivity index (χ0v) is 36.1. The number of fused-ring (bicyclic) bond motifs is 14. The quantitative estimate of drug-likeness (QED) is 0.133. The van der Waals surface area contributed by atoms with Gasteiger partial charge in [0, 0.05) is 25.1 Å². The van der Waals surface area contributed by atoms with Crippen LogP contribution < -0.4 is 0 Å². The van der Waals surface area contributed by atoms with Gasteiger partial charge in [0.25, 0.3) is 0 Å². The van der Waals surface area contributed by atoms with Gasteiger partial charge in [0.05, 0.1) is 0 Å². The third kappa shape index (κ3) is 4.58. The standard InChI is InChI=1S/C62H34S2/c63-55-25-5-3-18-39(55)36-16-1-2-17-37(36)47-30-48-38(49-31-50-40-20-7-12-34-13-8-21-41(58(34)40)51(50)32-53(47)49)28-29-43-52(48)33-54-42-22-9-14-35-15-10-23-45(59(35)42)62(54)61(43)46-24-11-27-57-60(46)44-19-4-6-26-56(44)64-57/h1-33,63H. The Balaban J connectivity index is 1.14. The molecule has 2 aliphatic rings. The molecule has 0 spiro atoms. The van der Waals surface area contributed by atoms with Gasteiger partial charge in [-0.15, -0.1) is 24.0 Å². The molecule has 0 N–H and O–H groups in total. The van der Waals surface area contributed by atoms with Crippen molar-refractivity contribution in [1.82, 2.24) is 0 Å². The predicted octanol–water partition coefficient (Wildman–Crippen LogP) is 18.4. The zero-order valence-electron chi connectivity index (χ0n) is 34.4. The summed E-state index contributed by atoms with van der Waals surface area (Å²) in [6.07, 6.45) is 0. The van der Waals surface area contributed by atoms with Crippen LogP contribution in [0, 0.1) is 0 Å². The summed E-state index contributed by atoms with van der Waals surface area (Å²) in [6.45, 7) is 0. The van der Waals surface area contributed by atoms with E-state index in [-0.39, 0.29) is 0 Å². The van der Waals surface area contributed by atoms with Crippen molar-refractivity contribution in [3.05, 3.63) is 200 Å². The van der Waals surface area contributed by atoms with E-state index in [2.05, 4.69) is 200 Å². The van der Waals surface area contributed by atoms with E-state index in [4.69, 9.17) is 12.6 Å². The number of benzene rings is 12. The maximum Gasteiger partial charge on any atom is 0.0361 e. The summed E-state index contributed by atoms with van der Waals surface area (Å²) >= 11 is 6.92. The molecule has 2 aliphatic carbocycles. The van der Waals surface area contributed by atoms with Gasteiger partial charge in [-0.3, -0.25) is 0 Å². The molecule has 0 saturated carbocycles. The Kier molecular flexibility index (Phi) is 7.01. The first kappa shape index (κ1) is 35.0. The van der Waals surface area contributed by atoms with Crippen LogP contribution in [0.25, 0.3) is 152 Å². The largest absolute Gasteiger partial charge is 0.143 e. The molecule has 294 valence electrons. The molecule has 0 amide bonds. The molecule has 15 rings (SSSR count). The first-order chi connectivity index (χ1) is 31.7. The predicted molar refractivity (Wildman–Crippen MR) is 279 cm³/mol. The Morgan fingerprint density at radius 3 is 1.45 bits per heavy atom. The molecule has 1 heterocycles. The van der Waals surface area contributed by atoms with Crippen molar-refractivity contribution in [2.75, 3.05) is 0 Å². The van der Waals surface area contributed by atoms with E-state index in [1.807, 2.05) is 11.3 Å². The average molecular weight is 843 g/mol. The van der Waals surface area contributed by atoms with Crippen LogP contribution in [0.2, 0.25) is 0 Å². The van der Waals surface area contributed by atoms with Crippen LogP contribution in [0.3, 0.4) is 0 Å². The van der Waals surface area contributed by atoms with Crippen molar-refractivity contribution in [1.29, 1.82) is 0 Å². The molecule has 0 unspecified atom stereocenters. The van der Waals surface area contributed by atoms with Gasteiger partial charge in [0.1, 0.15) is 0 Å². The molecule has 0 bridgehead atoms. The average Bonchev–Trinajstić information content (AvgIpc) is 3.99. The smallest absolute Gasteiger partial charge is 0.0361 e. The Bertz CT molecular complexity index is 4250. The van der Waals surface area contributed by atoms with Gasteiger partial charge in [-0.2, -0.15) is 0 Å². The molecule has 0 nitrogen and oxygen atoms in total. The van der Waals surface area contributed by atoms with Crippen LogP contribution in [0.15, 0.2) is 205 Å². The van der Waals surface area contributed by atoms with E-state index in [0.29, 0.717) is 0 Å². The molecule has 12 aromatic carbocycles. The Morgan fingerprint density at radius 1 is 0.250 bits per heavy atom. The second kappa shape index (κ2) is 12.8. The number of rotatable bonds is 3. The summed E-state index contributed by atoms with van der Waals surface area (Å²) < 4.78 is 2.64. The van der Waals surface area contributed by atoms with Crippen LogP contribution in [-0.2, 0) is 0 Å². The molecule has 1 aromatic heterocycles. The van der Waals surface area contributed by atoms with Crippen LogP contribution in [0.4, 0.5) is 0 Å². The lowest BCUT2D eigenvalue weighted by Gasteiger charge is -2.20. The van der Waals surface area contributed by atoms with Crippen molar-refractivity contribution < 1.29 is 0 Å². The van der Waals surface area contributed by atoms with Gasteiger partial charge in [-0.1, -0.05) is 158 Å². The molecule has 13 aromatic rings. The maximum atomic E-state index is 5.03. The fraction of sp³-hybridized carbons (Fsp3) is 0. The van der Waals surface area contributed by atoms with Gasteiger partial charge in [0.2, 0.25) is 0 Å². The highest BCUT2D eigenvalue weighted by atomic mass is 32.1. The number of hydrogen-bond acceptors (Lipinski definition) is 2. The molecular formula is C62H34S2. The molecule has 0 aliphatic heterocycles. The van der Waals surface area contributed by atoms with Gasteiger partial charge in [-0.05, 0) is 174 Å². The summed E-state index contributed by atoms with van der Waals surface area (Å²) in [4.78, 5) is 0.970. The second-order valence-electron chi connectivity index (χ2n) is 17.6. The zero-order chi connectivity index (χ0) is 41.8. The van der Waals surface area contributed by atoms with Crippen molar-refractivity contribution in [3.63, 3.8) is 0 Å². The third-order valence-electron chi connectivity index (χ3n) is 14.4. The van der Waals surface area contributed by atoms with E-state index in [1.54, 1.807) is 0 Å². The first-order valence-corrected chi connectivity index (χ1v) is 23.3. The fourth-order valence-electron chi connectivity index (χ4n) is 11.8. The van der Waals surface area contributed by atoms with Crippen molar-refractivity contribution in [2.45, 2.75) is 4.90 Å². The monoisotopic (exact) mass is 842 g/mol. The molecule has 0 fully saturated rings. The van der Waals surface area contributed by atoms with E-state index in [9.17, 15) is 0 Å². The lowest BCUT2D eigenvalue weighted by Crippen LogP contribution is -1.93. The minimum absolute atomic E-state index is 0.970. The van der Waals surface area contributed by atoms with Gasteiger partial charge < -0.3 is 0 Å². The molecule has 64 heavy (non-hydrogen) atoms. The summed E-state index contributed by atoms with van der Waals surface area (Å²) in [7, 11) is 0. The molecule has 0 radical (unpaired) electrons. The summed E-state index contributed by atoms with van der Waals surface area (Å²) in [5.41, 5.74) is 17.9. The minimum atomic E-state index is 0.970. The summed E-state index contributed by atoms with van der Waals surface area (Å²) in [5, 5.41) is 15.5. The Labute approximate surface area is 378 Å². The van der Waals surface area contributed by atoms with Crippen molar-refractivity contribution in [2.24, 2.45) is 0 Å². The summed E-state index contributed by atoms with van der Waals surface area (Å²) in [5.74, 6) is 0. The van der Waals surface area contributed by atoms with Gasteiger partial charge in [0.15, 0.2) is 0 Å². The lowest BCUT2D eigenvalue weighted by molar-refractivity contribution is 1.46. The van der Waals surface area contributed by atoms with E-state index >= 15 is 0 Å². The Hall–Kier alpha value is -7.49. The topological polar surface area (TPSA) is 0 Å². The van der Waals surface area contributed by atoms with E-state index < -0.39 is 0 Å². The number of thiol groups is 1. The van der Waals surface area contributed by atoms with Gasteiger partial charge in [-0.25, -0.2) is 0 Å². The lowest BCUT2D eigenvalue weighted by atomic mass is 9.82. The van der Waals surface area contributed by atoms with E-state index in [0.717, 1.165) is 10.5 Å². The minimum Gasteiger partial charge on any atom is -0.143 e. The molecule has 0 atom stereocenters. The highest BCUT2D eigenvalue weighted by Crippen LogP contribution is 2.57.